The summed E-state index contributed by atoms with van der Waals surface area (Å²) in [6.07, 6.45) is 3.32. The van der Waals surface area contributed by atoms with Crippen LogP contribution in [0.5, 0.6) is 11.5 Å². The number of hydrogen-bond donors (Lipinski definition) is 0. The van der Waals surface area contributed by atoms with Gasteiger partial charge in [0.2, 0.25) is 0 Å². The molecule has 102 valence electrons. The molecule has 0 spiro atoms. The van der Waals surface area contributed by atoms with Crippen molar-refractivity contribution in [2.45, 2.75) is 0 Å². The van der Waals surface area contributed by atoms with Crippen LogP contribution in [-0.2, 0) is 0 Å². The average Bonchev–Trinajstić information content (AvgIpc) is 2.53. The summed E-state index contributed by atoms with van der Waals surface area (Å²) >= 11 is 0. The molecular weight excluding hydrogens is 252 g/mol. The molecule has 2 aromatic rings. The van der Waals surface area contributed by atoms with Crippen molar-refractivity contribution in [3.63, 3.8) is 0 Å². The topological polar surface area (TPSA) is 43.2 Å². The molecule has 0 radical (unpaired) electrons. The van der Waals surface area contributed by atoms with Gasteiger partial charge in [-0.25, -0.2) is 0 Å². The summed E-state index contributed by atoms with van der Waals surface area (Å²) in [5.41, 5.74) is 1.71. The Kier molecular flexibility index (Phi) is 4.89. The largest absolute Gasteiger partial charge is 0.497 e. The van der Waals surface area contributed by atoms with Gasteiger partial charge in [-0.2, -0.15) is 0 Å². The second-order valence-electron chi connectivity index (χ2n) is 3.95. The molecule has 0 aliphatic rings. The molecule has 0 saturated carbocycles. The highest BCUT2D eigenvalue weighted by atomic mass is 16.5. The van der Waals surface area contributed by atoms with Crippen LogP contribution >= 0.6 is 0 Å². The highest BCUT2D eigenvalue weighted by molar-refractivity contribution is 6.17. The summed E-state index contributed by atoms with van der Waals surface area (Å²) in [7, 11) is 3.28. The van der Waals surface area contributed by atoms with E-state index in [0.29, 0.717) is 0 Å². The zero-order valence-electron chi connectivity index (χ0n) is 11.5. The van der Waals surface area contributed by atoms with Gasteiger partial charge in [-0.15, -0.1) is 0 Å². The molecule has 2 rings (SSSR count). The van der Waals surface area contributed by atoms with E-state index in [4.69, 9.17) is 9.47 Å². The zero-order chi connectivity index (χ0) is 14.2. The molecule has 0 saturated heterocycles. The van der Waals surface area contributed by atoms with Crippen molar-refractivity contribution < 1.29 is 9.47 Å². The molecule has 0 aromatic heterocycles. The van der Waals surface area contributed by atoms with E-state index >= 15 is 0 Å². The maximum absolute atomic E-state index is 5.08. The molecule has 20 heavy (non-hydrogen) atoms. The third-order valence-electron chi connectivity index (χ3n) is 2.66. The van der Waals surface area contributed by atoms with Gasteiger partial charge in [0, 0.05) is 12.4 Å². The van der Waals surface area contributed by atoms with Crippen molar-refractivity contribution in [1.82, 2.24) is 0 Å². The van der Waals surface area contributed by atoms with Gasteiger partial charge in [-0.3, -0.25) is 9.98 Å². The zero-order valence-corrected chi connectivity index (χ0v) is 11.5. The Balaban J connectivity index is 1.95. The van der Waals surface area contributed by atoms with E-state index in [2.05, 4.69) is 9.98 Å². The monoisotopic (exact) mass is 268 g/mol. The van der Waals surface area contributed by atoms with Crippen LogP contribution in [0.15, 0.2) is 58.5 Å². The van der Waals surface area contributed by atoms with Crippen molar-refractivity contribution in [2.24, 2.45) is 9.98 Å². The lowest BCUT2D eigenvalue weighted by Crippen LogP contribution is -1.81. The second-order valence-corrected chi connectivity index (χ2v) is 3.95. The molecule has 4 nitrogen and oxygen atoms in total. The Morgan fingerprint density at radius 3 is 1.30 bits per heavy atom. The van der Waals surface area contributed by atoms with E-state index in [9.17, 15) is 0 Å². The van der Waals surface area contributed by atoms with Crippen molar-refractivity contribution >= 4 is 23.8 Å². The smallest absolute Gasteiger partial charge is 0.119 e. The third kappa shape index (κ3) is 3.95. The molecule has 2 aromatic carbocycles. The Morgan fingerprint density at radius 2 is 1.00 bits per heavy atom. The van der Waals surface area contributed by atoms with E-state index in [1.54, 1.807) is 26.6 Å². The molecule has 0 N–H and O–H groups in total. The van der Waals surface area contributed by atoms with Crippen molar-refractivity contribution in [2.75, 3.05) is 14.2 Å². The molecule has 0 aliphatic carbocycles. The van der Waals surface area contributed by atoms with Crippen LogP contribution in [0.1, 0.15) is 0 Å². The van der Waals surface area contributed by atoms with Gasteiger partial charge in [0.1, 0.15) is 11.5 Å². The minimum absolute atomic E-state index is 0.816. The lowest BCUT2D eigenvalue weighted by molar-refractivity contribution is 0.415. The van der Waals surface area contributed by atoms with Crippen LogP contribution in [-0.4, -0.2) is 26.6 Å². The number of benzene rings is 2. The first-order valence-corrected chi connectivity index (χ1v) is 6.16. The number of methoxy groups -OCH3 is 2. The maximum Gasteiger partial charge on any atom is 0.119 e. The fourth-order valence-corrected chi connectivity index (χ4v) is 1.58. The van der Waals surface area contributed by atoms with E-state index in [0.717, 1.165) is 22.9 Å². The highest BCUT2D eigenvalue weighted by Gasteiger charge is 1.91. The van der Waals surface area contributed by atoms with Crippen LogP contribution in [0, 0.1) is 0 Å². The lowest BCUT2D eigenvalue weighted by Gasteiger charge is -1.98. The van der Waals surface area contributed by atoms with E-state index in [1.807, 2.05) is 48.5 Å². The van der Waals surface area contributed by atoms with E-state index in [-0.39, 0.29) is 0 Å². The molecular formula is C16H16N2O2. The minimum atomic E-state index is 0.816. The van der Waals surface area contributed by atoms with Crippen LogP contribution in [0.25, 0.3) is 0 Å². The summed E-state index contributed by atoms with van der Waals surface area (Å²) in [5.74, 6) is 1.63. The van der Waals surface area contributed by atoms with Crippen molar-refractivity contribution in [3.8, 4) is 11.5 Å². The predicted octanol–water partition coefficient (Wildman–Crippen LogP) is 3.81. The third-order valence-corrected chi connectivity index (χ3v) is 2.66. The van der Waals surface area contributed by atoms with Gasteiger partial charge in [0.15, 0.2) is 0 Å². The Bertz CT molecular complexity index is 531. The van der Waals surface area contributed by atoms with Crippen molar-refractivity contribution in [3.05, 3.63) is 48.5 Å². The van der Waals surface area contributed by atoms with Gasteiger partial charge in [-0.05, 0) is 48.5 Å². The summed E-state index contributed by atoms with van der Waals surface area (Å²) in [5, 5.41) is 0. The fraction of sp³-hybridized carbons (Fsp3) is 0.125. The number of rotatable bonds is 5. The second kappa shape index (κ2) is 7.09. The number of ether oxygens (including phenoxy) is 2. The van der Waals surface area contributed by atoms with Gasteiger partial charge in [0.25, 0.3) is 0 Å². The van der Waals surface area contributed by atoms with Crippen LogP contribution in [0.4, 0.5) is 11.4 Å². The van der Waals surface area contributed by atoms with Crippen LogP contribution in [0.3, 0.4) is 0 Å². The molecule has 0 atom stereocenters. The average molecular weight is 268 g/mol. The quantitative estimate of drug-likeness (QED) is 0.774. The predicted molar refractivity (Wildman–Crippen MR) is 82.3 cm³/mol. The van der Waals surface area contributed by atoms with Gasteiger partial charge in [0.05, 0.1) is 25.6 Å². The normalized spacial score (nSPS) is 11.1. The first-order valence-electron chi connectivity index (χ1n) is 6.16. The van der Waals surface area contributed by atoms with Crippen molar-refractivity contribution in [1.29, 1.82) is 0 Å². The molecule has 0 aliphatic heterocycles. The molecule has 0 heterocycles. The molecule has 4 heteroatoms. The first-order chi connectivity index (χ1) is 9.81. The Labute approximate surface area is 118 Å². The SMILES string of the molecule is COc1ccc(/N=C\C=N\c2ccc(OC)cc2)cc1. The number of hydrogen-bond acceptors (Lipinski definition) is 4. The standard InChI is InChI=1S/C16H16N2O2/c1-19-15-7-3-13(4-8-15)17-11-12-18-14-5-9-16(20-2)10-6-14/h3-12H,1-2H3/b17-11-,18-12+. The van der Waals surface area contributed by atoms with Crippen LogP contribution < -0.4 is 9.47 Å². The van der Waals surface area contributed by atoms with Crippen LogP contribution in [0.2, 0.25) is 0 Å². The summed E-state index contributed by atoms with van der Waals surface area (Å²) in [4.78, 5) is 8.55. The molecule has 0 bridgehead atoms. The molecule has 0 fully saturated rings. The number of nitrogens with zero attached hydrogens (tertiary/aromatic N) is 2. The number of aliphatic imine (C=N–C) groups is 2. The van der Waals surface area contributed by atoms with Gasteiger partial charge >= 0.3 is 0 Å². The molecule has 0 amide bonds. The Morgan fingerprint density at radius 1 is 0.650 bits per heavy atom. The highest BCUT2D eigenvalue weighted by Crippen LogP contribution is 2.18. The fourth-order valence-electron chi connectivity index (χ4n) is 1.58. The summed E-state index contributed by atoms with van der Waals surface area (Å²) in [6, 6.07) is 15.0. The summed E-state index contributed by atoms with van der Waals surface area (Å²) in [6.45, 7) is 0. The van der Waals surface area contributed by atoms with Gasteiger partial charge in [-0.1, -0.05) is 0 Å². The lowest BCUT2D eigenvalue weighted by atomic mass is 10.3. The minimum Gasteiger partial charge on any atom is -0.497 e. The molecule has 0 unspecified atom stereocenters. The van der Waals surface area contributed by atoms with E-state index in [1.165, 1.54) is 0 Å². The van der Waals surface area contributed by atoms with E-state index < -0.39 is 0 Å². The first kappa shape index (κ1) is 13.8. The maximum atomic E-state index is 5.08. The van der Waals surface area contributed by atoms with Gasteiger partial charge < -0.3 is 9.47 Å². The Hall–Kier alpha value is -2.62. The summed E-state index contributed by atoms with van der Waals surface area (Å²) < 4.78 is 10.2.